The summed E-state index contributed by atoms with van der Waals surface area (Å²) in [5.41, 5.74) is 0.0710. The van der Waals surface area contributed by atoms with Gasteiger partial charge in [0, 0.05) is 11.3 Å². The van der Waals surface area contributed by atoms with Crippen LogP contribution in [-0.2, 0) is 14.0 Å². The van der Waals surface area contributed by atoms with Crippen molar-refractivity contribution < 1.29 is 24.2 Å². The Morgan fingerprint density at radius 2 is 2.04 bits per heavy atom. The van der Waals surface area contributed by atoms with Crippen LogP contribution in [0.4, 0.5) is 0 Å². The monoisotopic (exact) mass is 371 g/mol. The van der Waals surface area contributed by atoms with Gasteiger partial charge in [0.15, 0.2) is 8.32 Å². The summed E-state index contributed by atoms with van der Waals surface area (Å²) in [5, 5.41) is 20.4. The first-order valence-electron chi connectivity index (χ1n) is 8.01. The van der Waals surface area contributed by atoms with Crippen LogP contribution in [0.15, 0.2) is 22.1 Å². The highest BCUT2D eigenvalue weighted by Gasteiger charge is 2.57. The van der Waals surface area contributed by atoms with Crippen LogP contribution in [0.5, 0.6) is 0 Å². The van der Waals surface area contributed by atoms with Gasteiger partial charge in [0.2, 0.25) is 5.91 Å². The van der Waals surface area contributed by atoms with Gasteiger partial charge in [-0.1, -0.05) is 0 Å². The summed E-state index contributed by atoms with van der Waals surface area (Å²) in [6, 6.07) is -0.141. The highest BCUT2D eigenvalue weighted by atomic mass is 32.2. The molecule has 2 aliphatic rings. The van der Waals surface area contributed by atoms with E-state index in [0.717, 1.165) is 0 Å². The summed E-state index contributed by atoms with van der Waals surface area (Å²) in [5.74, 6) is -1.54. The third-order valence-electron chi connectivity index (χ3n) is 3.98. The molecule has 0 saturated carbocycles. The lowest BCUT2D eigenvalue weighted by Gasteiger charge is -2.46. The summed E-state index contributed by atoms with van der Waals surface area (Å²) in [6.45, 7) is 9.74. The van der Waals surface area contributed by atoms with E-state index in [-0.39, 0.29) is 29.7 Å². The van der Waals surface area contributed by atoms with E-state index in [4.69, 9.17) is 4.43 Å². The van der Waals surface area contributed by atoms with Gasteiger partial charge in [0.05, 0.1) is 24.2 Å². The molecule has 134 valence electrons. The van der Waals surface area contributed by atoms with E-state index >= 15 is 0 Å². The van der Waals surface area contributed by atoms with E-state index in [2.05, 4.69) is 19.6 Å². The molecule has 1 amide bonds. The molecule has 0 aromatic heterocycles. The van der Waals surface area contributed by atoms with Gasteiger partial charge in [-0.2, -0.15) is 0 Å². The van der Waals surface area contributed by atoms with E-state index < -0.39 is 20.4 Å². The first-order chi connectivity index (χ1) is 11.0. The van der Waals surface area contributed by atoms with Crippen molar-refractivity contribution in [3.8, 4) is 0 Å². The van der Waals surface area contributed by atoms with Gasteiger partial charge in [-0.25, -0.2) is 4.79 Å². The normalized spacial score (nSPS) is 26.6. The number of aliphatic hydroxyl groups is 1. The third-order valence-corrected chi connectivity index (χ3v) is 6.00. The Balaban J connectivity index is 2.15. The first-order valence-corrected chi connectivity index (χ1v) is 12.3. The molecule has 1 unspecified atom stereocenters. The molecular weight excluding hydrogens is 346 g/mol. The summed E-state index contributed by atoms with van der Waals surface area (Å²) < 4.78 is 6.04. The molecule has 2 N–H and O–H groups in total. The number of aliphatic carboxylic acids is 1. The number of hydrogen-bond acceptors (Lipinski definition) is 5. The highest BCUT2D eigenvalue weighted by molar-refractivity contribution is 8.05. The lowest BCUT2D eigenvalue weighted by molar-refractivity contribution is -0.160. The number of β-lactam (4-membered cyclic amide) rings is 1. The minimum atomic E-state index is -1.77. The zero-order valence-electron chi connectivity index (χ0n) is 14.6. The average Bonchev–Trinajstić information content (AvgIpc) is 2.71. The third kappa shape index (κ3) is 3.93. The van der Waals surface area contributed by atoms with Crippen LogP contribution in [-0.4, -0.2) is 53.6 Å². The molecule has 1 saturated heterocycles. The van der Waals surface area contributed by atoms with Crippen molar-refractivity contribution in [2.75, 3.05) is 0 Å². The minimum Gasteiger partial charge on any atom is -0.477 e. The number of carbonyl (C=O) groups is 2. The number of amides is 1. The van der Waals surface area contributed by atoms with Gasteiger partial charge in [0.1, 0.15) is 5.70 Å². The van der Waals surface area contributed by atoms with Crippen LogP contribution >= 0.6 is 11.8 Å². The van der Waals surface area contributed by atoms with Crippen LogP contribution in [0.1, 0.15) is 20.3 Å². The quantitative estimate of drug-likeness (QED) is 0.528. The van der Waals surface area contributed by atoms with Crippen molar-refractivity contribution >= 4 is 32.0 Å². The Bertz CT molecular complexity index is 596. The molecule has 0 aliphatic carbocycles. The maximum absolute atomic E-state index is 12.5. The largest absolute Gasteiger partial charge is 0.477 e. The van der Waals surface area contributed by atoms with Crippen molar-refractivity contribution in [2.24, 2.45) is 5.92 Å². The topological polar surface area (TPSA) is 87.1 Å². The summed E-state index contributed by atoms with van der Waals surface area (Å²) in [6.07, 6.45) is 1.30. The molecule has 24 heavy (non-hydrogen) atoms. The Labute approximate surface area is 147 Å². The van der Waals surface area contributed by atoms with Crippen molar-refractivity contribution in [3.05, 3.63) is 22.1 Å². The Hall–Kier alpha value is -1.09. The molecule has 6 nitrogen and oxygen atoms in total. The maximum Gasteiger partial charge on any atom is 0.353 e. The number of fused-ring (bicyclic) bond motifs is 1. The number of carbonyl (C=O) groups excluding carboxylic acids is 1. The van der Waals surface area contributed by atoms with Gasteiger partial charge in [0.25, 0.3) is 0 Å². The second-order valence-corrected chi connectivity index (χ2v) is 12.7. The number of rotatable bonds is 7. The minimum absolute atomic E-state index is 0.0710. The number of thioether (sulfide) groups is 1. The van der Waals surface area contributed by atoms with Crippen molar-refractivity contribution in [1.82, 2.24) is 4.90 Å². The van der Waals surface area contributed by atoms with Crippen LogP contribution in [0, 0.1) is 5.92 Å². The van der Waals surface area contributed by atoms with E-state index in [1.165, 1.54) is 16.7 Å². The Kier molecular flexibility index (Phi) is 5.63. The van der Waals surface area contributed by atoms with E-state index in [0.29, 0.717) is 11.3 Å². The van der Waals surface area contributed by atoms with Crippen LogP contribution in [0.2, 0.25) is 19.6 Å². The summed E-state index contributed by atoms with van der Waals surface area (Å²) >= 11 is 1.26. The fraction of sp³-hybridized carbons (Fsp3) is 0.625. The van der Waals surface area contributed by atoms with E-state index in [9.17, 15) is 19.8 Å². The van der Waals surface area contributed by atoms with Crippen molar-refractivity contribution in [3.63, 3.8) is 0 Å². The standard InChI is InChI=1S/C16H25NO5SSi/c1-9(18)6-7-23-12-8-11-13(10(2)22-24(3,4)5)15(19)17(11)14(12)16(20)21/h6-7,9-11,13,18H,8H2,1-5H3,(H,20,21)/t9?,10-,11+,13-/m0/s1. The van der Waals surface area contributed by atoms with Gasteiger partial charge < -0.3 is 19.5 Å². The smallest absolute Gasteiger partial charge is 0.353 e. The lowest BCUT2D eigenvalue weighted by atomic mass is 9.83. The number of nitrogens with zero attached hydrogens (tertiary/aromatic N) is 1. The molecule has 1 fully saturated rings. The van der Waals surface area contributed by atoms with Crippen LogP contribution in [0.25, 0.3) is 0 Å². The maximum atomic E-state index is 12.5. The zero-order valence-corrected chi connectivity index (χ0v) is 16.5. The Morgan fingerprint density at radius 3 is 2.54 bits per heavy atom. The molecule has 0 bridgehead atoms. The van der Waals surface area contributed by atoms with Gasteiger partial charge in [-0.3, -0.25) is 4.79 Å². The number of carboxylic acids is 1. The molecule has 0 radical (unpaired) electrons. The lowest BCUT2D eigenvalue weighted by Crippen LogP contribution is -2.63. The van der Waals surface area contributed by atoms with Gasteiger partial charge in [-0.05, 0) is 45.0 Å². The van der Waals surface area contributed by atoms with Gasteiger partial charge >= 0.3 is 5.97 Å². The van der Waals surface area contributed by atoms with Crippen LogP contribution in [0.3, 0.4) is 0 Å². The fourth-order valence-corrected chi connectivity index (χ4v) is 5.48. The molecule has 0 spiro atoms. The Morgan fingerprint density at radius 1 is 1.42 bits per heavy atom. The molecule has 8 heteroatoms. The van der Waals surface area contributed by atoms with E-state index in [1.807, 2.05) is 6.92 Å². The van der Waals surface area contributed by atoms with Gasteiger partial charge in [-0.15, -0.1) is 11.8 Å². The second-order valence-electron chi connectivity index (χ2n) is 7.20. The van der Waals surface area contributed by atoms with Crippen molar-refractivity contribution in [1.29, 1.82) is 0 Å². The SMILES string of the molecule is CC(O)C=CSC1=C(C(=O)O)N2C(=O)[C@@H]([C@H](C)O[Si](C)(C)C)[C@H]2C1. The van der Waals surface area contributed by atoms with E-state index in [1.54, 1.807) is 18.4 Å². The fourth-order valence-electron chi connectivity index (χ4n) is 3.19. The number of carboxylic acid groups (broad SMARTS) is 1. The number of hydrogen-bond donors (Lipinski definition) is 2. The molecular formula is C16H25NO5SSi. The molecule has 4 atom stereocenters. The summed E-state index contributed by atoms with van der Waals surface area (Å²) in [4.78, 5) is 26.1. The second kappa shape index (κ2) is 7.03. The van der Waals surface area contributed by atoms with Crippen molar-refractivity contribution in [2.45, 2.75) is 58.2 Å². The van der Waals surface area contributed by atoms with Crippen LogP contribution < -0.4 is 0 Å². The predicted molar refractivity (Wildman–Crippen MR) is 95.7 cm³/mol. The predicted octanol–water partition coefficient (Wildman–Crippen LogP) is 2.38. The molecule has 0 aromatic rings. The zero-order chi connectivity index (χ0) is 18.2. The summed E-state index contributed by atoms with van der Waals surface area (Å²) in [7, 11) is -1.77. The molecule has 2 heterocycles. The first kappa shape index (κ1) is 19.2. The number of aliphatic hydroxyl groups excluding tert-OH is 1. The molecule has 0 aromatic carbocycles. The molecule has 2 aliphatic heterocycles. The molecule has 2 rings (SSSR count). The average molecular weight is 372 g/mol. The highest BCUT2D eigenvalue weighted by Crippen LogP contribution is 2.47.